The van der Waals surface area contributed by atoms with Gasteiger partial charge in [0, 0.05) is 0 Å². The zero-order valence-corrected chi connectivity index (χ0v) is 6.04. The normalized spacial score (nSPS) is 7.00. The molecule has 0 heterocycles. The van der Waals surface area contributed by atoms with Crippen LogP contribution >= 0.6 is 17.0 Å². The molecule has 0 aromatic rings. The first-order chi connectivity index (χ1) is 2.41. The summed E-state index contributed by atoms with van der Waals surface area (Å²) < 4.78 is 0. The van der Waals surface area contributed by atoms with Gasteiger partial charge in [0.15, 0.2) is 0 Å². The van der Waals surface area contributed by atoms with E-state index in [1.54, 1.807) is 0 Å². The van der Waals surface area contributed by atoms with Crippen molar-refractivity contribution in [2.45, 2.75) is 13.3 Å². The van der Waals surface area contributed by atoms with Gasteiger partial charge >= 0.3 is 0 Å². The van der Waals surface area contributed by atoms with E-state index >= 15 is 0 Å². The number of rotatable bonds is 2. The highest BCUT2D eigenvalue weighted by molar-refractivity contribution is 8.93. The van der Waals surface area contributed by atoms with Gasteiger partial charge in [0.25, 0.3) is 0 Å². The van der Waals surface area contributed by atoms with Gasteiger partial charge in [-0.2, -0.15) is 0 Å². The first kappa shape index (κ1) is 9.67. The highest BCUT2D eigenvalue weighted by Gasteiger charge is 1.64. The van der Waals surface area contributed by atoms with Gasteiger partial charge in [0.1, 0.15) is 0 Å². The van der Waals surface area contributed by atoms with E-state index in [9.17, 15) is 0 Å². The lowest BCUT2D eigenvalue weighted by Gasteiger charge is -1.84. The Balaban J connectivity index is 0. The molecule has 1 nitrogen and oxygen atoms in total. The molecular weight excluding hydrogens is 142 g/mol. The monoisotopic (exact) mass is 153 g/mol. The first-order valence-corrected chi connectivity index (χ1v) is 2.06. The highest BCUT2D eigenvalue weighted by atomic mass is 79.9. The van der Waals surface area contributed by atoms with Crippen molar-refractivity contribution < 1.29 is 0 Å². The van der Waals surface area contributed by atoms with Crippen molar-refractivity contribution >= 4 is 17.0 Å². The summed E-state index contributed by atoms with van der Waals surface area (Å²) in [6.07, 6.45) is 1.23. The molecule has 0 spiro atoms. The van der Waals surface area contributed by atoms with Crippen molar-refractivity contribution in [3.05, 3.63) is 0 Å². The van der Waals surface area contributed by atoms with E-state index in [1.165, 1.54) is 6.42 Å². The summed E-state index contributed by atoms with van der Waals surface area (Å²) in [7, 11) is 1.96. The fourth-order valence-electron chi connectivity index (χ4n) is 0.250. The van der Waals surface area contributed by atoms with Crippen LogP contribution < -0.4 is 5.32 Å². The molecule has 0 aliphatic heterocycles. The summed E-state index contributed by atoms with van der Waals surface area (Å²) in [6, 6.07) is 0. The second-order valence-electron chi connectivity index (χ2n) is 1.10. The largest absolute Gasteiger partial charge is 0.320 e. The molecule has 0 unspecified atom stereocenters. The Morgan fingerprint density at radius 3 is 2.00 bits per heavy atom. The molecule has 0 saturated carbocycles. The van der Waals surface area contributed by atoms with Crippen molar-refractivity contribution in [3.63, 3.8) is 0 Å². The third-order valence-corrected chi connectivity index (χ3v) is 0.500. The topological polar surface area (TPSA) is 12.0 Å². The van der Waals surface area contributed by atoms with Crippen LogP contribution in [0.25, 0.3) is 0 Å². The van der Waals surface area contributed by atoms with Crippen molar-refractivity contribution in [1.29, 1.82) is 0 Å². The molecule has 0 aromatic carbocycles. The SMILES string of the molecule is Br.CCCNC. The minimum Gasteiger partial charge on any atom is -0.320 e. The van der Waals surface area contributed by atoms with Gasteiger partial charge in [0.2, 0.25) is 0 Å². The van der Waals surface area contributed by atoms with Gasteiger partial charge in [-0.3, -0.25) is 0 Å². The second kappa shape index (κ2) is 9.06. The van der Waals surface area contributed by atoms with E-state index in [2.05, 4.69) is 12.2 Å². The number of halogens is 1. The lowest BCUT2D eigenvalue weighted by atomic mass is 10.5. The Morgan fingerprint density at radius 1 is 1.50 bits per heavy atom. The maximum atomic E-state index is 3.02. The Hall–Kier alpha value is 0.440. The molecule has 0 radical (unpaired) electrons. The van der Waals surface area contributed by atoms with Crippen LogP contribution in [0.15, 0.2) is 0 Å². The zero-order chi connectivity index (χ0) is 4.12. The smallest absolute Gasteiger partial charge is 0.00546 e. The first-order valence-electron chi connectivity index (χ1n) is 2.06. The van der Waals surface area contributed by atoms with Gasteiger partial charge in [-0.05, 0) is 20.0 Å². The van der Waals surface area contributed by atoms with E-state index in [1.807, 2.05) is 7.05 Å². The second-order valence-corrected chi connectivity index (χ2v) is 1.10. The number of nitrogens with one attached hydrogen (secondary N) is 1. The van der Waals surface area contributed by atoms with Crippen LogP contribution in [0.1, 0.15) is 13.3 Å². The van der Waals surface area contributed by atoms with Crippen molar-refractivity contribution in [3.8, 4) is 0 Å². The van der Waals surface area contributed by atoms with Crippen LogP contribution in [0.5, 0.6) is 0 Å². The van der Waals surface area contributed by atoms with Crippen molar-refractivity contribution in [2.24, 2.45) is 0 Å². The molecule has 40 valence electrons. The highest BCUT2D eigenvalue weighted by Crippen LogP contribution is 1.62. The average Bonchev–Trinajstić information content (AvgIpc) is 1.41. The van der Waals surface area contributed by atoms with E-state index in [0.29, 0.717) is 0 Å². The molecule has 0 aliphatic rings. The fraction of sp³-hybridized carbons (Fsp3) is 1.00. The van der Waals surface area contributed by atoms with Crippen molar-refractivity contribution in [2.75, 3.05) is 13.6 Å². The van der Waals surface area contributed by atoms with Gasteiger partial charge < -0.3 is 5.32 Å². The average molecular weight is 154 g/mol. The molecule has 0 rings (SSSR count). The fourth-order valence-corrected chi connectivity index (χ4v) is 0.250. The summed E-state index contributed by atoms with van der Waals surface area (Å²) in [5.74, 6) is 0. The Bertz CT molecular complexity index is 15.0. The molecule has 0 aliphatic carbocycles. The minimum atomic E-state index is 0. The van der Waals surface area contributed by atoms with Gasteiger partial charge in [-0.15, -0.1) is 17.0 Å². The standard InChI is InChI=1S/C4H11N.BrH/c1-3-4-5-2;/h5H,3-4H2,1-2H3;1H. The van der Waals surface area contributed by atoms with E-state index in [-0.39, 0.29) is 17.0 Å². The molecule has 0 aromatic heterocycles. The predicted molar refractivity (Wildman–Crippen MR) is 34.5 cm³/mol. The van der Waals surface area contributed by atoms with Crippen LogP contribution in [-0.2, 0) is 0 Å². The van der Waals surface area contributed by atoms with Crippen molar-refractivity contribution in [1.82, 2.24) is 5.32 Å². The minimum absolute atomic E-state index is 0. The summed E-state index contributed by atoms with van der Waals surface area (Å²) >= 11 is 0. The number of hydrogen-bond donors (Lipinski definition) is 1. The van der Waals surface area contributed by atoms with Crippen LogP contribution in [-0.4, -0.2) is 13.6 Å². The number of hydrogen-bond acceptors (Lipinski definition) is 1. The van der Waals surface area contributed by atoms with Crippen LogP contribution in [0.2, 0.25) is 0 Å². The summed E-state index contributed by atoms with van der Waals surface area (Å²) in [5.41, 5.74) is 0. The molecule has 0 fully saturated rings. The third-order valence-electron chi connectivity index (χ3n) is 0.500. The lowest BCUT2D eigenvalue weighted by molar-refractivity contribution is 0.772. The molecule has 0 bridgehead atoms. The zero-order valence-electron chi connectivity index (χ0n) is 4.32. The lowest BCUT2D eigenvalue weighted by Crippen LogP contribution is -2.04. The molecule has 6 heavy (non-hydrogen) atoms. The maximum Gasteiger partial charge on any atom is -0.00546 e. The van der Waals surface area contributed by atoms with Gasteiger partial charge in [-0.1, -0.05) is 6.92 Å². The van der Waals surface area contributed by atoms with Gasteiger partial charge in [-0.25, -0.2) is 0 Å². The van der Waals surface area contributed by atoms with Crippen LogP contribution in [0.4, 0.5) is 0 Å². The molecular formula is C4H12BrN. The molecule has 1 N–H and O–H groups in total. The van der Waals surface area contributed by atoms with E-state index in [0.717, 1.165) is 6.54 Å². The summed E-state index contributed by atoms with van der Waals surface area (Å²) in [5, 5.41) is 3.02. The predicted octanol–water partition coefficient (Wildman–Crippen LogP) is 1.19. The van der Waals surface area contributed by atoms with Gasteiger partial charge in [0.05, 0.1) is 0 Å². The van der Waals surface area contributed by atoms with E-state index < -0.39 is 0 Å². The molecule has 2 heteroatoms. The molecule has 0 saturated heterocycles. The Labute approximate surface area is 49.9 Å². The summed E-state index contributed by atoms with van der Waals surface area (Å²) in [6.45, 7) is 3.29. The molecule has 0 amide bonds. The van der Waals surface area contributed by atoms with E-state index in [4.69, 9.17) is 0 Å². The quantitative estimate of drug-likeness (QED) is 0.629. The third kappa shape index (κ3) is 8.83. The van der Waals surface area contributed by atoms with Crippen LogP contribution in [0.3, 0.4) is 0 Å². The Morgan fingerprint density at radius 2 is 2.00 bits per heavy atom. The summed E-state index contributed by atoms with van der Waals surface area (Å²) in [4.78, 5) is 0. The maximum absolute atomic E-state index is 3.02. The Kier molecular flexibility index (Phi) is 14.6. The molecule has 0 atom stereocenters. The van der Waals surface area contributed by atoms with Crippen LogP contribution in [0, 0.1) is 0 Å².